The van der Waals surface area contributed by atoms with E-state index in [-0.39, 0.29) is 11.0 Å². The van der Waals surface area contributed by atoms with E-state index in [2.05, 4.69) is 36.4 Å². The monoisotopic (exact) mass is 320 g/mol. The summed E-state index contributed by atoms with van der Waals surface area (Å²) in [7, 11) is 0. The topological polar surface area (TPSA) is 32.8 Å². The Kier molecular flexibility index (Phi) is 3.09. The van der Waals surface area contributed by atoms with E-state index in [1.54, 1.807) is 0 Å². The lowest BCUT2D eigenvalue weighted by Crippen LogP contribution is -2.47. The summed E-state index contributed by atoms with van der Waals surface area (Å²) < 4.78 is 5.85. The first kappa shape index (κ1) is 14.5. The Morgan fingerprint density at radius 3 is 2.71 bits per heavy atom. The fraction of sp³-hybridized carbons (Fsp3) is 0.455. The second-order valence-electron chi connectivity index (χ2n) is 8.07. The first-order valence-electron chi connectivity index (χ1n) is 9.20. The Morgan fingerprint density at radius 1 is 1.08 bits per heavy atom. The maximum atomic E-state index is 9.93. The molecule has 1 saturated heterocycles. The molecule has 0 unspecified atom stereocenters. The minimum absolute atomic E-state index is 0.208. The van der Waals surface area contributed by atoms with Gasteiger partial charge in [0, 0.05) is 5.41 Å². The molecule has 1 saturated carbocycles. The molecule has 2 nitrogen and oxygen atoms in total. The van der Waals surface area contributed by atoms with Crippen LogP contribution in [0.4, 0.5) is 0 Å². The first-order chi connectivity index (χ1) is 11.7. The summed E-state index contributed by atoms with van der Waals surface area (Å²) in [5.74, 6) is 1.09. The number of rotatable bonds is 2. The van der Waals surface area contributed by atoms with Crippen molar-refractivity contribution < 1.29 is 9.84 Å². The van der Waals surface area contributed by atoms with Crippen LogP contribution in [0.5, 0.6) is 5.75 Å². The fourth-order valence-electron chi connectivity index (χ4n) is 5.39. The smallest absolute Gasteiger partial charge is 0.115 e. The molecule has 2 heteroatoms. The van der Waals surface area contributed by atoms with Crippen molar-refractivity contribution in [2.45, 2.75) is 49.5 Å². The van der Waals surface area contributed by atoms with Gasteiger partial charge in [0.1, 0.15) is 5.75 Å². The number of hydrogen-bond acceptors (Lipinski definition) is 2. The minimum Gasteiger partial charge on any atom is -0.508 e. The number of hydrogen-bond donors (Lipinski definition) is 1. The van der Waals surface area contributed by atoms with E-state index in [0.29, 0.717) is 11.7 Å². The largest absolute Gasteiger partial charge is 0.508 e. The van der Waals surface area contributed by atoms with E-state index >= 15 is 0 Å². The third kappa shape index (κ3) is 2.20. The Bertz CT molecular complexity index is 763. The molecule has 5 rings (SSSR count). The number of epoxide rings is 1. The molecule has 2 aliphatic carbocycles. The Balaban J connectivity index is 1.60. The minimum atomic E-state index is 0.208. The molecule has 2 aromatic carbocycles. The zero-order valence-electron chi connectivity index (χ0n) is 14.0. The molecule has 3 aliphatic rings. The fourth-order valence-corrected chi connectivity index (χ4v) is 5.39. The third-order valence-corrected chi connectivity index (χ3v) is 6.73. The lowest BCUT2D eigenvalue weighted by Gasteiger charge is -2.50. The van der Waals surface area contributed by atoms with Gasteiger partial charge in [-0.15, -0.1) is 0 Å². The molecule has 2 aromatic rings. The highest BCUT2D eigenvalue weighted by Crippen LogP contribution is 2.58. The molecular formula is C22H24O2. The number of ether oxygens (including phenoxy) is 1. The summed E-state index contributed by atoms with van der Waals surface area (Å²) in [6.07, 6.45) is 6.99. The molecule has 1 spiro atoms. The van der Waals surface area contributed by atoms with E-state index in [1.807, 2.05) is 12.1 Å². The molecule has 1 heterocycles. The molecule has 1 aliphatic heterocycles. The second kappa shape index (κ2) is 5.10. The highest BCUT2D eigenvalue weighted by atomic mass is 16.6. The normalized spacial score (nSPS) is 33.8. The van der Waals surface area contributed by atoms with Crippen LogP contribution in [0, 0.1) is 5.92 Å². The zero-order chi connectivity index (χ0) is 16.2. The van der Waals surface area contributed by atoms with Gasteiger partial charge in [-0.2, -0.15) is 0 Å². The van der Waals surface area contributed by atoms with Crippen LogP contribution in [0.1, 0.15) is 42.4 Å². The van der Waals surface area contributed by atoms with Crippen LogP contribution in [-0.4, -0.2) is 17.3 Å². The molecule has 0 aromatic heterocycles. The average molecular weight is 320 g/mol. The van der Waals surface area contributed by atoms with Gasteiger partial charge < -0.3 is 9.84 Å². The van der Waals surface area contributed by atoms with Gasteiger partial charge in [0.15, 0.2) is 0 Å². The standard InChI is InChI=1S/C22H24O2/c23-19-8-9-20-17(12-19)6-7-18-14-21(15-24-21)10-11-22(18,20)13-16-4-2-1-3-5-16/h1-5,8-9,12,18,23H,6-7,10-11,13-15H2/t18-,21+,22+/m0/s1. The van der Waals surface area contributed by atoms with Crippen molar-refractivity contribution in [3.63, 3.8) is 0 Å². The van der Waals surface area contributed by atoms with E-state index in [9.17, 15) is 5.11 Å². The van der Waals surface area contributed by atoms with Gasteiger partial charge in [0.2, 0.25) is 0 Å². The second-order valence-corrected chi connectivity index (χ2v) is 8.07. The number of benzene rings is 2. The van der Waals surface area contributed by atoms with Gasteiger partial charge in [0.05, 0.1) is 12.2 Å². The average Bonchev–Trinajstić information content (AvgIpc) is 3.35. The number of fused-ring (bicyclic) bond motifs is 3. The number of aryl methyl sites for hydroxylation is 1. The number of phenols is 1. The van der Waals surface area contributed by atoms with Crippen molar-refractivity contribution in [1.82, 2.24) is 0 Å². The van der Waals surface area contributed by atoms with E-state index in [4.69, 9.17) is 4.74 Å². The van der Waals surface area contributed by atoms with Gasteiger partial charge in [0.25, 0.3) is 0 Å². The van der Waals surface area contributed by atoms with Gasteiger partial charge in [-0.25, -0.2) is 0 Å². The van der Waals surface area contributed by atoms with E-state index < -0.39 is 0 Å². The van der Waals surface area contributed by atoms with Crippen molar-refractivity contribution in [3.05, 3.63) is 65.2 Å². The van der Waals surface area contributed by atoms with Crippen LogP contribution >= 0.6 is 0 Å². The van der Waals surface area contributed by atoms with Crippen LogP contribution < -0.4 is 0 Å². The lowest BCUT2D eigenvalue weighted by atomic mass is 9.53. The number of aromatic hydroxyl groups is 1. The predicted octanol–water partition coefficient (Wildman–Crippen LogP) is 4.39. The van der Waals surface area contributed by atoms with Crippen LogP contribution in [0.3, 0.4) is 0 Å². The predicted molar refractivity (Wildman–Crippen MR) is 94.3 cm³/mol. The SMILES string of the molecule is Oc1ccc2c(c1)CC[C@H]1C[C@]3(CC[C@]21Cc1ccccc1)CO3. The zero-order valence-corrected chi connectivity index (χ0v) is 14.0. The molecule has 0 radical (unpaired) electrons. The summed E-state index contributed by atoms with van der Waals surface area (Å²) in [4.78, 5) is 0. The Hall–Kier alpha value is -1.80. The van der Waals surface area contributed by atoms with E-state index in [1.165, 1.54) is 42.4 Å². The highest BCUT2D eigenvalue weighted by Gasteiger charge is 2.57. The molecule has 1 N–H and O–H groups in total. The quantitative estimate of drug-likeness (QED) is 0.833. The van der Waals surface area contributed by atoms with Gasteiger partial charge in [-0.1, -0.05) is 36.4 Å². The first-order valence-corrected chi connectivity index (χ1v) is 9.20. The molecule has 0 bridgehead atoms. The summed E-state index contributed by atoms with van der Waals surface area (Å²) in [5.41, 5.74) is 4.68. The van der Waals surface area contributed by atoms with Crippen molar-refractivity contribution in [3.8, 4) is 5.75 Å². The maximum absolute atomic E-state index is 9.93. The Labute approximate surface area is 143 Å². The lowest BCUT2D eigenvalue weighted by molar-refractivity contribution is 0.0898. The van der Waals surface area contributed by atoms with Gasteiger partial charge in [-0.3, -0.25) is 0 Å². The summed E-state index contributed by atoms with van der Waals surface area (Å²) in [6.45, 7) is 0.966. The molecular weight excluding hydrogens is 296 g/mol. The molecule has 0 amide bonds. The molecule has 124 valence electrons. The van der Waals surface area contributed by atoms with Crippen LogP contribution in [0.2, 0.25) is 0 Å². The van der Waals surface area contributed by atoms with Crippen molar-refractivity contribution in [2.24, 2.45) is 5.92 Å². The van der Waals surface area contributed by atoms with Gasteiger partial charge >= 0.3 is 0 Å². The molecule has 3 atom stereocenters. The molecule has 2 fully saturated rings. The third-order valence-electron chi connectivity index (χ3n) is 6.73. The number of phenolic OH excluding ortho intramolecular Hbond substituents is 1. The van der Waals surface area contributed by atoms with Crippen molar-refractivity contribution in [1.29, 1.82) is 0 Å². The highest BCUT2D eigenvalue weighted by molar-refractivity contribution is 5.44. The van der Waals surface area contributed by atoms with E-state index in [0.717, 1.165) is 19.4 Å². The molecule has 24 heavy (non-hydrogen) atoms. The summed E-state index contributed by atoms with van der Waals surface area (Å²) >= 11 is 0. The van der Waals surface area contributed by atoms with Gasteiger partial charge in [-0.05, 0) is 73.3 Å². The van der Waals surface area contributed by atoms with Crippen LogP contribution in [0.25, 0.3) is 0 Å². The summed E-state index contributed by atoms with van der Waals surface area (Å²) in [6, 6.07) is 17.0. The summed E-state index contributed by atoms with van der Waals surface area (Å²) in [5, 5.41) is 9.93. The van der Waals surface area contributed by atoms with Crippen molar-refractivity contribution >= 4 is 0 Å². The van der Waals surface area contributed by atoms with Crippen LogP contribution in [0.15, 0.2) is 48.5 Å². The Morgan fingerprint density at radius 2 is 1.92 bits per heavy atom. The van der Waals surface area contributed by atoms with Crippen LogP contribution in [-0.2, 0) is 23.0 Å². The van der Waals surface area contributed by atoms with Crippen molar-refractivity contribution in [2.75, 3.05) is 6.61 Å². The maximum Gasteiger partial charge on any atom is 0.115 e.